The molecule has 0 aromatic carbocycles. The van der Waals surface area contributed by atoms with Gasteiger partial charge in [-0.25, -0.2) is 4.99 Å². The van der Waals surface area contributed by atoms with Crippen LogP contribution >= 0.6 is 0 Å². The monoisotopic (exact) mass is 396 g/mol. The van der Waals surface area contributed by atoms with E-state index in [0.717, 1.165) is 55.1 Å². The van der Waals surface area contributed by atoms with Crippen LogP contribution in [0.4, 0.5) is 5.69 Å². The zero-order chi connectivity index (χ0) is 21.2. The Bertz CT molecular complexity index is 822. The molecule has 156 valence electrons. The summed E-state index contributed by atoms with van der Waals surface area (Å²) in [4.78, 5) is 22.1. The summed E-state index contributed by atoms with van der Waals surface area (Å²) in [6.45, 7) is 7.04. The van der Waals surface area contributed by atoms with Crippen LogP contribution < -0.4 is 11.5 Å². The van der Waals surface area contributed by atoms with E-state index in [0.29, 0.717) is 6.54 Å². The Morgan fingerprint density at radius 3 is 2.72 bits per heavy atom. The third kappa shape index (κ3) is 5.82. The molecule has 0 aliphatic carbocycles. The van der Waals surface area contributed by atoms with E-state index in [1.165, 1.54) is 18.3 Å². The molecule has 29 heavy (non-hydrogen) atoms. The van der Waals surface area contributed by atoms with Gasteiger partial charge in [0.25, 0.3) is 0 Å². The van der Waals surface area contributed by atoms with Crippen LogP contribution in [0.2, 0.25) is 0 Å². The lowest BCUT2D eigenvalue weighted by atomic mass is 10.0. The predicted molar refractivity (Wildman–Crippen MR) is 122 cm³/mol. The molecular formula is C21H32N8. The molecule has 3 rings (SSSR count). The predicted octanol–water partition coefficient (Wildman–Crippen LogP) is 1.51. The van der Waals surface area contributed by atoms with Crippen molar-refractivity contribution in [1.29, 1.82) is 0 Å². The molecule has 1 saturated heterocycles. The molecule has 0 bridgehead atoms. The van der Waals surface area contributed by atoms with E-state index < -0.39 is 0 Å². The van der Waals surface area contributed by atoms with Crippen molar-refractivity contribution in [3.63, 3.8) is 0 Å². The Labute approximate surface area is 173 Å². The number of fused-ring (bicyclic) bond motifs is 1. The topological polar surface area (TPSA) is 108 Å². The summed E-state index contributed by atoms with van der Waals surface area (Å²) in [5.41, 5.74) is 16.5. The molecule has 0 saturated carbocycles. The molecule has 2 aliphatic rings. The highest BCUT2D eigenvalue weighted by Gasteiger charge is 2.22. The molecule has 8 heteroatoms. The van der Waals surface area contributed by atoms with Gasteiger partial charge in [-0.05, 0) is 44.4 Å². The van der Waals surface area contributed by atoms with Crippen LogP contribution in [0.5, 0.6) is 0 Å². The maximum absolute atomic E-state index is 5.78. The normalized spacial score (nSPS) is 20.6. The van der Waals surface area contributed by atoms with Gasteiger partial charge in [0.2, 0.25) is 0 Å². The summed E-state index contributed by atoms with van der Waals surface area (Å²) in [5.74, 6) is 0. The van der Waals surface area contributed by atoms with E-state index in [4.69, 9.17) is 10.7 Å². The zero-order valence-electron chi connectivity index (χ0n) is 17.7. The fraction of sp³-hybridized carbons (Fsp3) is 0.429. The van der Waals surface area contributed by atoms with Crippen LogP contribution in [-0.2, 0) is 13.0 Å². The summed E-state index contributed by atoms with van der Waals surface area (Å²) < 4.78 is 0. The first kappa shape index (κ1) is 22.4. The highest BCUT2D eigenvalue weighted by atomic mass is 15.2. The van der Waals surface area contributed by atoms with Gasteiger partial charge in [-0.2, -0.15) is 0 Å². The van der Waals surface area contributed by atoms with Gasteiger partial charge in [0, 0.05) is 57.4 Å². The van der Waals surface area contributed by atoms with Gasteiger partial charge in [-0.15, -0.1) is 0 Å². The smallest absolute Gasteiger partial charge is 0.0820 e. The van der Waals surface area contributed by atoms with Crippen LogP contribution in [0.3, 0.4) is 0 Å². The number of rotatable bonds is 4. The van der Waals surface area contributed by atoms with Crippen LogP contribution in [-0.4, -0.2) is 74.2 Å². The second-order valence-electron chi connectivity index (χ2n) is 6.83. The Balaban J connectivity index is 0.00000145. The molecule has 2 aliphatic heterocycles. The molecule has 0 radical (unpaired) electrons. The highest BCUT2D eigenvalue weighted by molar-refractivity contribution is 6.04. The first-order valence-corrected chi connectivity index (χ1v) is 9.70. The average Bonchev–Trinajstić information content (AvgIpc) is 2.74. The first-order chi connectivity index (χ1) is 14.1. The zero-order valence-corrected chi connectivity index (χ0v) is 17.7. The number of aromatic nitrogens is 1. The molecule has 1 fully saturated rings. The number of likely N-dealkylation sites (tertiary alicyclic amines) is 1. The molecule has 0 unspecified atom stereocenters. The number of allylic oxidation sites excluding steroid dienone is 1. The molecule has 4 N–H and O–H groups in total. The van der Waals surface area contributed by atoms with Crippen molar-refractivity contribution in [2.75, 3.05) is 40.8 Å². The average molecular weight is 397 g/mol. The van der Waals surface area contributed by atoms with E-state index in [1.54, 1.807) is 25.7 Å². The summed E-state index contributed by atoms with van der Waals surface area (Å²) in [5, 5.41) is 0. The Morgan fingerprint density at radius 1 is 1.24 bits per heavy atom. The second kappa shape index (κ2) is 11.2. The minimum Gasteiger partial charge on any atom is -0.403 e. The van der Waals surface area contributed by atoms with Crippen molar-refractivity contribution in [2.45, 2.75) is 19.4 Å². The largest absolute Gasteiger partial charge is 0.403 e. The lowest BCUT2D eigenvalue weighted by Gasteiger charge is -2.31. The molecule has 0 amide bonds. The molecular weight excluding hydrogens is 364 g/mol. The quantitative estimate of drug-likeness (QED) is 0.750. The number of nitrogens with two attached hydrogens (primary N) is 2. The fourth-order valence-corrected chi connectivity index (χ4v) is 3.47. The molecule has 3 heterocycles. The summed E-state index contributed by atoms with van der Waals surface area (Å²) >= 11 is 0. The van der Waals surface area contributed by atoms with Gasteiger partial charge in [-0.3, -0.25) is 15.0 Å². The van der Waals surface area contributed by atoms with Gasteiger partial charge < -0.3 is 21.3 Å². The lowest BCUT2D eigenvalue weighted by Crippen LogP contribution is -2.37. The van der Waals surface area contributed by atoms with Gasteiger partial charge in [0.1, 0.15) is 0 Å². The maximum atomic E-state index is 5.78. The van der Waals surface area contributed by atoms with Crippen LogP contribution in [0.25, 0.3) is 0 Å². The minimum atomic E-state index is 0.646. The number of likely N-dealkylation sites (N-methyl/N-ethyl adjacent to an activating group) is 1. The molecule has 1 aromatic heterocycles. The number of pyridine rings is 1. The second-order valence-corrected chi connectivity index (χ2v) is 6.83. The van der Waals surface area contributed by atoms with Crippen molar-refractivity contribution >= 4 is 24.3 Å². The Kier molecular flexibility index (Phi) is 8.69. The minimum absolute atomic E-state index is 0.646. The summed E-state index contributed by atoms with van der Waals surface area (Å²) in [6.07, 6.45) is 8.84. The van der Waals surface area contributed by atoms with Crippen LogP contribution in [0.15, 0.2) is 50.9 Å². The Hall–Kier alpha value is -2.84. The van der Waals surface area contributed by atoms with Gasteiger partial charge in [-0.1, -0.05) is 0 Å². The van der Waals surface area contributed by atoms with E-state index >= 15 is 0 Å². The van der Waals surface area contributed by atoms with E-state index in [9.17, 15) is 0 Å². The maximum Gasteiger partial charge on any atom is 0.0820 e. The van der Waals surface area contributed by atoms with Gasteiger partial charge >= 0.3 is 0 Å². The fourth-order valence-electron chi connectivity index (χ4n) is 3.47. The third-order valence-electron chi connectivity index (χ3n) is 4.89. The number of aliphatic imine (C=N–C) groups is 3. The number of piperidine rings is 1. The van der Waals surface area contributed by atoms with Crippen molar-refractivity contribution in [2.24, 2.45) is 26.4 Å². The highest BCUT2D eigenvalue weighted by Crippen LogP contribution is 2.24. The van der Waals surface area contributed by atoms with E-state index in [1.807, 2.05) is 6.20 Å². The van der Waals surface area contributed by atoms with Crippen molar-refractivity contribution < 1.29 is 0 Å². The molecule has 8 nitrogen and oxygen atoms in total. The van der Waals surface area contributed by atoms with Crippen LogP contribution in [0.1, 0.15) is 17.7 Å². The van der Waals surface area contributed by atoms with Gasteiger partial charge in [0.05, 0.1) is 29.8 Å². The van der Waals surface area contributed by atoms with E-state index in [2.05, 4.69) is 50.3 Å². The number of nitrogens with zero attached hydrogens (tertiary/aromatic N) is 6. The molecule has 0 spiro atoms. The number of hydrogen-bond acceptors (Lipinski definition) is 8. The standard InChI is InChI=1S/C20H27N7.CH5N/c1-22-10-15-4-7-27(18(9-21)12-23-2)14-20(15)25-17-8-16-13-26(3)6-5-19(16)24-11-17;1-2/h8-12H,1,4-7,13-14,21H2,2-3H3;2H2,1H3/b15-10-,18-9+,23-12?,25-20?;. The van der Waals surface area contributed by atoms with Gasteiger partial charge in [0.15, 0.2) is 0 Å². The first-order valence-electron chi connectivity index (χ1n) is 9.70. The van der Waals surface area contributed by atoms with Crippen molar-refractivity contribution in [1.82, 2.24) is 14.8 Å². The third-order valence-corrected chi connectivity index (χ3v) is 4.89. The Morgan fingerprint density at radius 2 is 2.03 bits per heavy atom. The SMILES string of the molecule is C=N/C=C1/CCN(/C(C=NC)=C/N)CC1=Nc1cnc2c(c1)CN(C)CC2.CN. The van der Waals surface area contributed by atoms with Crippen molar-refractivity contribution in [3.05, 3.63) is 47.2 Å². The number of hydrogen-bond donors (Lipinski definition) is 2. The summed E-state index contributed by atoms with van der Waals surface area (Å²) in [6, 6.07) is 2.15. The summed E-state index contributed by atoms with van der Waals surface area (Å²) in [7, 11) is 5.37. The molecule has 0 atom stereocenters. The molecule has 1 aromatic rings. The van der Waals surface area contributed by atoms with E-state index in [-0.39, 0.29) is 0 Å². The van der Waals surface area contributed by atoms with Crippen molar-refractivity contribution in [3.8, 4) is 0 Å². The van der Waals surface area contributed by atoms with Crippen LogP contribution in [0, 0.1) is 0 Å². The lowest BCUT2D eigenvalue weighted by molar-refractivity contribution is 0.310.